The number of hydrogen-bond donors (Lipinski definition) is 1. The largest absolute Gasteiger partial charge is 0.491 e. The molecule has 22 heavy (non-hydrogen) atoms. The van der Waals surface area contributed by atoms with Gasteiger partial charge in [0.05, 0.1) is 19.3 Å². The number of aryl methyl sites for hydroxylation is 3. The lowest BCUT2D eigenvalue weighted by Gasteiger charge is -2.13. The maximum Gasteiger partial charge on any atom is 0.182 e. The van der Waals surface area contributed by atoms with Crippen LogP contribution in [0.2, 0.25) is 0 Å². The maximum atomic E-state index is 5.80. The molecule has 0 bridgehead atoms. The minimum absolute atomic E-state index is 0.554. The Balaban J connectivity index is 1.91. The number of aromatic nitrogens is 2. The average Bonchev–Trinajstić information content (AvgIpc) is 2.52. The van der Waals surface area contributed by atoms with Crippen LogP contribution in [-0.4, -0.2) is 30.2 Å². The molecule has 1 N–H and O–H groups in total. The Morgan fingerprint density at radius 1 is 1.18 bits per heavy atom. The third-order valence-corrected chi connectivity index (χ3v) is 3.40. The molecule has 5 nitrogen and oxygen atoms in total. The molecule has 1 heterocycles. The van der Waals surface area contributed by atoms with E-state index in [4.69, 9.17) is 9.47 Å². The molecule has 0 aliphatic heterocycles. The molecule has 0 aliphatic carbocycles. The van der Waals surface area contributed by atoms with Gasteiger partial charge in [0.1, 0.15) is 18.7 Å². The van der Waals surface area contributed by atoms with Gasteiger partial charge in [-0.15, -0.1) is 0 Å². The molecule has 0 aliphatic rings. The minimum Gasteiger partial charge on any atom is -0.491 e. The fourth-order valence-electron chi connectivity index (χ4n) is 2.29. The van der Waals surface area contributed by atoms with Crippen LogP contribution in [0.4, 0.5) is 5.82 Å². The van der Waals surface area contributed by atoms with Gasteiger partial charge >= 0.3 is 0 Å². The molecular weight excluding hydrogens is 278 g/mol. The van der Waals surface area contributed by atoms with Crippen molar-refractivity contribution in [1.29, 1.82) is 0 Å². The number of anilines is 1. The minimum atomic E-state index is 0.554. The topological polar surface area (TPSA) is 56.3 Å². The summed E-state index contributed by atoms with van der Waals surface area (Å²) in [6.45, 7) is 7.36. The molecule has 0 radical (unpaired) electrons. The molecule has 0 amide bonds. The zero-order chi connectivity index (χ0) is 15.9. The average molecular weight is 301 g/mol. The van der Waals surface area contributed by atoms with Crippen molar-refractivity contribution in [2.24, 2.45) is 0 Å². The van der Waals surface area contributed by atoms with E-state index in [9.17, 15) is 0 Å². The summed E-state index contributed by atoms with van der Waals surface area (Å²) in [4.78, 5) is 8.45. The fraction of sp³-hybridized carbons (Fsp3) is 0.412. The van der Waals surface area contributed by atoms with E-state index in [-0.39, 0.29) is 0 Å². The van der Waals surface area contributed by atoms with E-state index in [1.165, 1.54) is 5.56 Å². The van der Waals surface area contributed by atoms with Crippen LogP contribution in [-0.2, 0) is 6.42 Å². The number of nitrogens with one attached hydrogen (secondary N) is 1. The molecule has 5 heteroatoms. The van der Waals surface area contributed by atoms with E-state index in [2.05, 4.69) is 41.3 Å². The zero-order valence-electron chi connectivity index (χ0n) is 13.6. The van der Waals surface area contributed by atoms with Gasteiger partial charge < -0.3 is 14.8 Å². The van der Waals surface area contributed by atoms with Crippen molar-refractivity contribution >= 4 is 5.82 Å². The van der Waals surface area contributed by atoms with Crippen LogP contribution in [0.15, 0.2) is 24.5 Å². The molecular formula is C17H23N3O2. The number of hydrogen-bond acceptors (Lipinski definition) is 5. The highest BCUT2D eigenvalue weighted by molar-refractivity contribution is 5.52. The van der Waals surface area contributed by atoms with Gasteiger partial charge in [0.25, 0.3) is 0 Å². The summed E-state index contributed by atoms with van der Waals surface area (Å²) in [6, 6.07) is 6.17. The number of ether oxygens (including phenoxy) is 2. The standard InChI is InChI=1S/C17H23N3O2/c1-5-14-16(21-4)17(20-11-19-14)18-8-9-22-15-7-6-12(2)10-13(15)3/h6-7,10-11H,5,8-9H2,1-4H3,(H,18,19,20). The quantitative estimate of drug-likeness (QED) is 0.796. The van der Waals surface area contributed by atoms with Crippen molar-refractivity contribution in [2.45, 2.75) is 27.2 Å². The van der Waals surface area contributed by atoms with Crippen LogP contribution in [0.25, 0.3) is 0 Å². The van der Waals surface area contributed by atoms with Crippen molar-refractivity contribution in [3.8, 4) is 11.5 Å². The van der Waals surface area contributed by atoms with Crippen LogP contribution in [0.1, 0.15) is 23.7 Å². The molecule has 1 aromatic heterocycles. The third kappa shape index (κ3) is 3.87. The van der Waals surface area contributed by atoms with Gasteiger partial charge in [0.2, 0.25) is 0 Å². The highest BCUT2D eigenvalue weighted by Gasteiger charge is 2.10. The van der Waals surface area contributed by atoms with Crippen molar-refractivity contribution < 1.29 is 9.47 Å². The number of nitrogens with zero attached hydrogens (tertiary/aromatic N) is 2. The Kier molecular flexibility index (Phi) is 5.58. The maximum absolute atomic E-state index is 5.80. The molecule has 0 unspecified atom stereocenters. The van der Waals surface area contributed by atoms with Gasteiger partial charge in [-0.1, -0.05) is 24.6 Å². The van der Waals surface area contributed by atoms with Crippen LogP contribution >= 0.6 is 0 Å². The molecule has 0 saturated heterocycles. The summed E-state index contributed by atoms with van der Waals surface area (Å²) in [6.07, 6.45) is 2.36. The van der Waals surface area contributed by atoms with Crippen LogP contribution in [0.5, 0.6) is 11.5 Å². The summed E-state index contributed by atoms with van der Waals surface area (Å²) < 4.78 is 11.2. The first-order valence-electron chi connectivity index (χ1n) is 7.47. The van der Waals surface area contributed by atoms with E-state index in [1.54, 1.807) is 13.4 Å². The van der Waals surface area contributed by atoms with Gasteiger partial charge in [-0.3, -0.25) is 0 Å². The third-order valence-electron chi connectivity index (χ3n) is 3.40. The summed E-state index contributed by atoms with van der Waals surface area (Å²) in [5, 5.41) is 3.24. The zero-order valence-corrected chi connectivity index (χ0v) is 13.6. The van der Waals surface area contributed by atoms with E-state index < -0.39 is 0 Å². The van der Waals surface area contributed by atoms with E-state index in [0.29, 0.717) is 24.7 Å². The predicted molar refractivity (Wildman–Crippen MR) is 87.9 cm³/mol. The van der Waals surface area contributed by atoms with Crippen LogP contribution < -0.4 is 14.8 Å². The Hall–Kier alpha value is -2.30. The molecule has 0 atom stereocenters. The molecule has 118 valence electrons. The highest BCUT2D eigenvalue weighted by Crippen LogP contribution is 2.24. The molecule has 0 fully saturated rings. The number of methoxy groups -OCH3 is 1. The van der Waals surface area contributed by atoms with Gasteiger partial charge in [-0.25, -0.2) is 9.97 Å². The predicted octanol–water partition coefficient (Wildman–Crippen LogP) is 3.16. The Labute approximate surface area is 131 Å². The second kappa shape index (κ2) is 7.64. The van der Waals surface area contributed by atoms with Crippen molar-refractivity contribution in [1.82, 2.24) is 9.97 Å². The molecule has 1 aromatic carbocycles. The van der Waals surface area contributed by atoms with Gasteiger partial charge in [-0.2, -0.15) is 0 Å². The first kappa shape index (κ1) is 16.1. The number of rotatable bonds is 7. The summed E-state index contributed by atoms with van der Waals surface area (Å²) in [7, 11) is 1.63. The van der Waals surface area contributed by atoms with E-state index >= 15 is 0 Å². The van der Waals surface area contributed by atoms with Crippen molar-refractivity contribution in [3.05, 3.63) is 41.3 Å². The van der Waals surface area contributed by atoms with E-state index in [1.807, 2.05) is 13.0 Å². The normalized spacial score (nSPS) is 10.4. The van der Waals surface area contributed by atoms with Crippen LogP contribution in [0, 0.1) is 13.8 Å². The van der Waals surface area contributed by atoms with Gasteiger partial charge in [0.15, 0.2) is 11.6 Å². The van der Waals surface area contributed by atoms with Crippen LogP contribution in [0.3, 0.4) is 0 Å². The van der Waals surface area contributed by atoms with Gasteiger partial charge in [0, 0.05) is 0 Å². The monoisotopic (exact) mass is 301 g/mol. The molecule has 0 spiro atoms. The van der Waals surface area contributed by atoms with Crippen molar-refractivity contribution in [3.63, 3.8) is 0 Å². The van der Waals surface area contributed by atoms with Crippen molar-refractivity contribution in [2.75, 3.05) is 25.6 Å². The fourth-order valence-corrected chi connectivity index (χ4v) is 2.29. The summed E-state index contributed by atoms with van der Waals surface area (Å²) in [5.41, 5.74) is 3.28. The summed E-state index contributed by atoms with van der Waals surface area (Å²) >= 11 is 0. The number of benzene rings is 1. The lowest BCUT2D eigenvalue weighted by Crippen LogP contribution is -2.14. The Bertz CT molecular complexity index is 629. The first-order chi connectivity index (χ1) is 10.7. The Morgan fingerprint density at radius 3 is 2.68 bits per heavy atom. The molecule has 2 aromatic rings. The first-order valence-corrected chi connectivity index (χ1v) is 7.47. The second-order valence-electron chi connectivity index (χ2n) is 5.10. The lowest BCUT2D eigenvalue weighted by molar-refractivity contribution is 0.330. The Morgan fingerprint density at radius 2 is 2.00 bits per heavy atom. The smallest absolute Gasteiger partial charge is 0.182 e. The second-order valence-corrected chi connectivity index (χ2v) is 5.10. The summed E-state index contributed by atoms with van der Waals surface area (Å²) in [5.74, 6) is 2.33. The molecule has 0 saturated carbocycles. The SMILES string of the molecule is CCc1ncnc(NCCOc2ccc(C)cc2C)c1OC. The molecule has 2 rings (SSSR count). The van der Waals surface area contributed by atoms with Gasteiger partial charge in [-0.05, 0) is 31.9 Å². The highest BCUT2D eigenvalue weighted by atomic mass is 16.5. The lowest BCUT2D eigenvalue weighted by atomic mass is 10.1. The van der Waals surface area contributed by atoms with E-state index in [0.717, 1.165) is 23.4 Å².